The summed E-state index contributed by atoms with van der Waals surface area (Å²) in [7, 11) is 0. The van der Waals surface area contributed by atoms with E-state index in [0.29, 0.717) is 24.7 Å². The van der Waals surface area contributed by atoms with Crippen LogP contribution in [0.3, 0.4) is 0 Å². The Morgan fingerprint density at radius 3 is 2.66 bits per heavy atom. The van der Waals surface area contributed by atoms with Crippen molar-refractivity contribution in [1.29, 1.82) is 0 Å². The summed E-state index contributed by atoms with van der Waals surface area (Å²) in [6, 6.07) is 19.6. The summed E-state index contributed by atoms with van der Waals surface area (Å²) in [5, 5.41) is 4.56. The number of Topliss-reactive ketones (excluding diaryl/α,β-unsaturated/α-hetero) is 1. The predicted molar refractivity (Wildman–Crippen MR) is 108 cm³/mol. The maximum atomic E-state index is 12.1. The summed E-state index contributed by atoms with van der Waals surface area (Å²) in [5.41, 5.74) is 3.61. The van der Waals surface area contributed by atoms with Crippen molar-refractivity contribution in [3.05, 3.63) is 78.2 Å². The summed E-state index contributed by atoms with van der Waals surface area (Å²) in [4.78, 5) is 21.0. The Labute approximate surface area is 168 Å². The predicted octanol–water partition coefficient (Wildman–Crippen LogP) is 3.89. The zero-order valence-corrected chi connectivity index (χ0v) is 15.9. The number of carbonyl (C=O) groups excluding carboxylic acids is 1. The van der Waals surface area contributed by atoms with Gasteiger partial charge in [0.1, 0.15) is 12.4 Å². The van der Waals surface area contributed by atoms with Crippen LogP contribution < -0.4 is 4.74 Å². The second-order valence-electron chi connectivity index (χ2n) is 7.29. The molecule has 0 spiro atoms. The summed E-state index contributed by atoms with van der Waals surface area (Å²) in [5.74, 6) is 1.60. The first-order valence-electron chi connectivity index (χ1n) is 9.77. The number of aromatic nitrogens is 4. The first-order valence-corrected chi connectivity index (χ1v) is 9.77. The molecule has 1 aromatic carbocycles. The van der Waals surface area contributed by atoms with Crippen molar-refractivity contribution in [1.82, 2.24) is 19.6 Å². The molecule has 1 saturated carbocycles. The lowest BCUT2D eigenvalue weighted by atomic mass is 10.2. The Balaban J connectivity index is 1.35. The van der Waals surface area contributed by atoms with E-state index in [9.17, 15) is 4.79 Å². The van der Waals surface area contributed by atoms with Crippen molar-refractivity contribution in [3.63, 3.8) is 0 Å². The van der Waals surface area contributed by atoms with Crippen molar-refractivity contribution in [3.8, 4) is 17.1 Å². The number of pyridine rings is 2. The second-order valence-corrected chi connectivity index (χ2v) is 7.29. The normalized spacial score (nSPS) is 13.5. The molecule has 29 heavy (non-hydrogen) atoms. The molecular formula is C23H20N4O2. The minimum Gasteiger partial charge on any atom is -0.473 e. The third-order valence-electron chi connectivity index (χ3n) is 5.03. The molecule has 0 atom stereocenters. The number of ketones is 1. The van der Waals surface area contributed by atoms with E-state index in [1.165, 1.54) is 0 Å². The van der Waals surface area contributed by atoms with E-state index in [0.717, 1.165) is 35.3 Å². The molecule has 3 aromatic heterocycles. The van der Waals surface area contributed by atoms with Gasteiger partial charge in [-0.2, -0.15) is 5.10 Å². The molecule has 1 fully saturated rings. The molecular weight excluding hydrogens is 364 g/mol. The van der Waals surface area contributed by atoms with Crippen molar-refractivity contribution in [2.45, 2.75) is 25.9 Å². The lowest BCUT2D eigenvalue weighted by Crippen LogP contribution is -2.06. The van der Waals surface area contributed by atoms with E-state index in [1.54, 1.807) is 10.7 Å². The van der Waals surface area contributed by atoms with Crippen LogP contribution in [0.15, 0.2) is 66.9 Å². The Bertz CT molecular complexity index is 1150. The Kier molecular flexibility index (Phi) is 4.52. The molecule has 3 heterocycles. The molecule has 0 bridgehead atoms. The van der Waals surface area contributed by atoms with E-state index in [4.69, 9.17) is 4.74 Å². The molecule has 0 saturated heterocycles. The molecule has 0 N–H and O–H groups in total. The smallest absolute Gasteiger partial charge is 0.213 e. The number of hydrogen-bond donors (Lipinski definition) is 0. The SMILES string of the molecule is O=C(Cc1nc2cccc(-c3ccc(OCc4ccccc4)nc3)n2n1)C1CC1. The lowest BCUT2D eigenvalue weighted by Gasteiger charge is -2.07. The van der Waals surface area contributed by atoms with Crippen LogP contribution in [0.1, 0.15) is 24.2 Å². The topological polar surface area (TPSA) is 69.4 Å². The number of benzene rings is 1. The quantitative estimate of drug-likeness (QED) is 0.483. The zero-order chi connectivity index (χ0) is 19.6. The van der Waals surface area contributed by atoms with E-state index >= 15 is 0 Å². The first-order chi connectivity index (χ1) is 14.3. The van der Waals surface area contributed by atoms with Gasteiger partial charge in [0.05, 0.1) is 12.1 Å². The van der Waals surface area contributed by atoms with E-state index in [1.807, 2.05) is 60.7 Å². The number of ether oxygens (including phenoxy) is 1. The van der Waals surface area contributed by atoms with Crippen LogP contribution in [0.2, 0.25) is 0 Å². The molecule has 0 unspecified atom stereocenters. The molecule has 0 radical (unpaired) electrons. The van der Waals surface area contributed by atoms with Crippen molar-refractivity contribution >= 4 is 11.4 Å². The highest BCUT2D eigenvalue weighted by atomic mass is 16.5. The third kappa shape index (κ3) is 3.87. The van der Waals surface area contributed by atoms with Crippen LogP contribution in [-0.4, -0.2) is 25.4 Å². The average Bonchev–Trinajstić information content (AvgIpc) is 3.53. The van der Waals surface area contributed by atoms with Gasteiger partial charge in [0.15, 0.2) is 11.5 Å². The van der Waals surface area contributed by atoms with Crippen molar-refractivity contribution < 1.29 is 9.53 Å². The van der Waals surface area contributed by atoms with Gasteiger partial charge in [0.2, 0.25) is 5.88 Å². The fourth-order valence-electron chi connectivity index (χ4n) is 3.30. The molecule has 6 nitrogen and oxygen atoms in total. The highest BCUT2D eigenvalue weighted by molar-refractivity contribution is 5.84. The first kappa shape index (κ1) is 17.6. The van der Waals surface area contributed by atoms with Gasteiger partial charge in [0, 0.05) is 23.7 Å². The minimum absolute atomic E-state index is 0.216. The monoisotopic (exact) mass is 384 g/mol. The molecule has 144 valence electrons. The lowest BCUT2D eigenvalue weighted by molar-refractivity contribution is -0.119. The van der Waals surface area contributed by atoms with Crippen LogP contribution in [0, 0.1) is 5.92 Å². The Morgan fingerprint density at radius 2 is 1.90 bits per heavy atom. The molecule has 0 aliphatic heterocycles. The third-order valence-corrected chi connectivity index (χ3v) is 5.03. The maximum absolute atomic E-state index is 12.1. The summed E-state index contributed by atoms with van der Waals surface area (Å²) >= 11 is 0. The second kappa shape index (κ2) is 7.47. The summed E-state index contributed by atoms with van der Waals surface area (Å²) in [6.45, 7) is 0.476. The van der Waals surface area contributed by atoms with E-state index in [2.05, 4.69) is 15.1 Å². The minimum atomic E-state index is 0.216. The largest absolute Gasteiger partial charge is 0.473 e. The van der Waals surface area contributed by atoms with Gasteiger partial charge in [-0.1, -0.05) is 36.4 Å². The highest BCUT2D eigenvalue weighted by Gasteiger charge is 2.30. The average molecular weight is 384 g/mol. The molecule has 1 aliphatic carbocycles. The van der Waals surface area contributed by atoms with Gasteiger partial charge in [-0.3, -0.25) is 4.79 Å². The van der Waals surface area contributed by atoms with Gasteiger partial charge in [0.25, 0.3) is 0 Å². The fraction of sp³-hybridized carbons (Fsp3) is 0.217. The standard InChI is InChI=1S/C23H20N4O2/c28-20(17-9-10-17)13-21-25-22-8-4-7-19(27(22)26-21)18-11-12-23(24-14-18)29-15-16-5-2-1-3-6-16/h1-8,11-12,14,17H,9-10,13,15H2. The van der Waals surface area contributed by atoms with E-state index < -0.39 is 0 Å². The van der Waals surface area contributed by atoms with Gasteiger partial charge in [-0.15, -0.1) is 0 Å². The van der Waals surface area contributed by atoms with E-state index in [-0.39, 0.29) is 11.7 Å². The fourth-order valence-corrected chi connectivity index (χ4v) is 3.30. The van der Waals surface area contributed by atoms with Crippen molar-refractivity contribution in [2.75, 3.05) is 0 Å². The zero-order valence-electron chi connectivity index (χ0n) is 15.9. The van der Waals surface area contributed by atoms with Crippen molar-refractivity contribution in [2.24, 2.45) is 5.92 Å². The van der Waals surface area contributed by atoms with Gasteiger partial charge in [-0.05, 0) is 36.6 Å². The molecule has 6 heteroatoms. The van der Waals surface area contributed by atoms with Gasteiger partial charge >= 0.3 is 0 Å². The molecule has 4 aromatic rings. The Morgan fingerprint density at radius 1 is 1.03 bits per heavy atom. The summed E-state index contributed by atoms with van der Waals surface area (Å²) in [6.07, 6.45) is 4.08. The number of nitrogens with zero attached hydrogens (tertiary/aromatic N) is 4. The molecule has 1 aliphatic rings. The van der Waals surface area contributed by atoms with Gasteiger partial charge in [-0.25, -0.2) is 14.5 Å². The molecule has 5 rings (SSSR count). The number of hydrogen-bond acceptors (Lipinski definition) is 5. The maximum Gasteiger partial charge on any atom is 0.213 e. The number of carbonyl (C=O) groups is 1. The van der Waals surface area contributed by atoms with Crippen LogP contribution >= 0.6 is 0 Å². The Hall–Kier alpha value is -3.54. The summed E-state index contributed by atoms with van der Waals surface area (Å²) < 4.78 is 7.54. The number of rotatable bonds is 7. The van der Waals surface area contributed by atoms with Crippen LogP contribution in [0.25, 0.3) is 16.9 Å². The van der Waals surface area contributed by atoms with Crippen LogP contribution in [0.4, 0.5) is 0 Å². The highest BCUT2D eigenvalue weighted by Crippen LogP contribution is 2.30. The van der Waals surface area contributed by atoms with Gasteiger partial charge < -0.3 is 4.74 Å². The number of fused-ring (bicyclic) bond motifs is 1. The molecule has 0 amide bonds. The van der Waals surface area contributed by atoms with Crippen LogP contribution in [-0.2, 0) is 17.8 Å². The van der Waals surface area contributed by atoms with Crippen LogP contribution in [0.5, 0.6) is 5.88 Å².